The van der Waals surface area contributed by atoms with Crippen molar-refractivity contribution in [1.29, 1.82) is 0 Å². The molecule has 0 radical (unpaired) electrons. The summed E-state index contributed by atoms with van der Waals surface area (Å²) in [5.74, 6) is -0.516. The van der Waals surface area contributed by atoms with E-state index in [1.54, 1.807) is 25.7 Å². The molecule has 0 aliphatic carbocycles. The van der Waals surface area contributed by atoms with E-state index in [4.69, 9.17) is 4.74 Å². The highest BCUT2D eigenvalue weighted by atomic mass is 16.6. The first-order valence-electron chi connectivity index (χ1n) is 12.0. The van der Waals surface area contributed by atoms with Gasteiger partial charge in [0, 0.05) is 13.1 Å². The summed E-state index contributed by atoms with van der Waals surface area (Å²) in [4.78, 5) is 40.8. The van der Waals surface area contributed by atoms with E-state index >= 15 is 0 Å². The minimum absolute atomic E-state index is 0.218. The summed E-state index contributed by atoms with van der Waals surface area (Å²) in [6, 6.07) is 18.1. The van der Waals surface area contributed by atoms with E-state index in [1.807, 2.05) is 72.8 Å². The van der Waals surface area contributed by atoms with Gasteiger partial charge in [-0.2, -0.15) is 0 Å². The Balaban J connectivity index is 1.76. The molecule has 1 aliphatic rings. The number of carbonyl (C=O) groups excluding carboxylic acids is 3. The summed E-state index contributed by atoms with van der Waals surface area (Å²) < 4.78 is 5.34. The Morgan fingerprint density at radius 2 is 1.63 bits per heavy atom. The van der Waals surface area contributed by atoms with Crippen LogP contribution in [0.4, 0.5) is 4.79 Å². The van der Waals surface area contributed by atoms with Gasteiger partial charge in [0.1, 0.15) is 17.7 Å². The van der Waals surface area contributed by atoms with Crippen LogP contribution in [0, 0.1) is 0 Å². The molecular weight excluding hydrogens is 442 g/mol. The fraction of sp³-hybridized carbons (Fsp3) is 0.393. The maximum Gasteiger partial charge on any atom is 0.408 e. The lowest BCUT2D eigenvalue weighted by molar-refractivity contribution is -0.141. The molecule has 2 aromatic rings. The Kier molecular flexibility index (Phi) is 9.06. The summed E-state index contributed by atoms with van der Waals surface area (Å²) in [7, 11) is 0. The van der Waals surface area contributed by atoms with Crippen molar-refractivity contribution in [2.75, 3.05) is 6.54 Å². The molecule has 0 fully saturated rings. The van der Waals surface area contributed by atoms with E-state index in [0.717, 1.165) is 11.1 Å². The number of aryl methyl sites for hydroxylation is 1. The Labute approximate surface area is 207 Å². The van der Waals surface area contributed by atoms with Gasteiger partial charge in [-0.25, -0.2) is 4.79 Å². The standard InChI is InChI=1S/C28H35N3O4/c1-28(2,3)35-27(34)30-23-16-10-11-19-31(26(23)33)24(18-17-21-12-6-4-7-13-21)25(32)29-20-22-14-8-5-9-15-22/h4-15,23-24H,16-20H2,1-3H3,(H,29,32)(H,30,34). The van der Waals surface area contributed by atoms with Crippen LogP contribution in [0.5, 0.6) is 0 Å². The van der Waals surface area contributed by atoms with Crippen molar-refractivity contribution in [3.63, 3.8) is 0 Å². The average molecular weight is 478 g/mol. The second-order valence-electron chi connectivity index (χ2n) is 9.64. The number of nitrogens with zero attached hydrogens (tertiary/aromatic N) is 1. The summed E-state index contributed by atoms with van der Waals surface area (Å²) in [6.45, 7) is 5.97. The highest BCUT2D eigenvalue weighted by Crippen LogP contribution is 2.17. The van der Waals surface area contributed by atoms with Gasteiger partial charge in [0.15, 0.2) is 0 Å². The maximum atomic E-state index is 13.5. The molecule has 1 aliphatic heterocycles. The van der Waals surface area contributed by atoms with Crippen molar-refractivity contribution in [3.05, 3.63) is 83.9 Å². The Hall–Kier alpha value is -3.61. The second-order valence-corrected chi connectivity index (χ2v) is 9.64. The Morgan fingerprint density at radius 3 is 2.26 bits per heavy atom. The van der Waals surface area contributed by atoms with E-state index in [1.165, 1.54) is 0 Å². The van der Waals surface area contributed by atoms with Crippen LogP contribution in [0.3, 0.4) is 0 Å². The normalized spacial score (nSPS) is 16.8. The van der Waals surface area contributed by atoms with E-state index in [-0.39, 0.29) is 11.8 Å². The molecule has 3 rings (SSSR count). The predicted octanol–water partition coefficient (Wildman–Crippen LogP) is 3.99. The zero-order valence-corrected chi connectivity index (χ0v) is 20.7. The molecular formula is C28H35N3O4. The smallest absolute Gasteiger partial charge is 0.408 e. The molecule has 7 heteroatoms. The van der Waals surface area contributed by atoms with Gasteiger partial charge in [-0.15, -0.1) is 0 Å². The van der Waals surface area contributed by atoms with Crippen molar-refractivity contribution >= 4 is 17.9 Å². The molecule has 0 bridgehead atoms. The van der Waals surface area contributed by atoms with Gasteiger partial charge in [0.25, 0.3) is 0 Å². The van der Waals surface area contributed by atoms with Crippen LogP contribution in [0.1, 0.15) is 44.7 Å². The first kappa shape index (κ1) is 26.0. The van der Waals surface area contributed by atoms with Crippen LogP contribution in [0.15, 0.2) is 72.8 Å². The lowest BCUT2D eigenvalue weighted by Crippen LogP contribution is -2.55. The van der Waals surface area contributed by atoms with Crippen molar-refractivity contribution in [2.24, 2.45) is 0 Å². The third-order valence-electron chi connectivity index (χ3n) is 5.65. The highest BCUT2D eigenvalue weighted by molar-refractivity contribution is 5.92. The SMILES string of the molecule is CC(C)(C)OC(=O)NC1CC=CCN(C(CCc2ccccc2)C(=O)NCc2ccccc2)C1=O. The number of carbonyl (C=O) groups is 3. The number of amides is 3. The fourth-order valence-electron chi connectivity index (χ4n) is 3.94. The number of benzene rings is 2. The average Bonchev–Trinajstić information content (AvgIpc) is 2.99. The molecule has 35 heavy (non-hydrogen) atoms. The summed E-state index contributed by atoms with van der Waals surface area (Å²) in [6.07, 6.45) is 4.52. The molecule has 0 aromatic heterocycles. The lowest BCUT2D eigenvalue weighted by Gasteiger charge is -2.32. The van der Waals surface area contributed by atoms with E-state index in [2.05, 4.69) is 10.6 Å². The van der Waals surface area contributed by atoms with Crippen LogP contribution in [-0.4, -0.2) is 47.0 Å². The number of alkyl carbamates (subject to hydrolysis) is 1. The Bertz CT molecular complexity index is 1020. The van der Waals surface area contributed by atoms with Gasteiger partial charge in [0.05, 0.1) is 0 Å². The monoisotopic (exact) mass is 477 g/mol. The molecule has 0 saturated carbocycles. The van der Waals surface area contributed by atoms with Crippen molar-refractivity contribution < 1.29 is 19.1 Å². The molecule has 2 aromatic carbocycles. The Morgan fingerprint density at radius 1 is 1.00 bits per heavy atom. The number of hydrogen-bond donors (Lipinski definition) is 2. The second kappa shape index (κ2) is 12.2. The van der Waals surface area contributed by atoms with Gasteiger partial charge in [-0.1, -0.05) is 72.8 Å². The number of ether oxygens (including phenoxy) is 1. The van der Waals surface area contributed by atoms with E-state index in [9.17, 15) is 14.4 Å². The number of hydrogen-bond acceptors (Lipinski definition) is 4. The predicted molar refractivity (Wildman–Crippen MR) is 135 cm³/mol. The molecule has 2 unspecified atom stereocenters. The maximum absolute atomic E-state index is 13.5. The lowest BCUT2D eigenvalue weighted by atomic mass is 10.0. The summed E-state index contributed by atoms with van der Waals surface area (Å²) in [5, 5.41) is 5.68. The molecule has 186 valence electrons. The molecule has 2 N–H and O–H groups in total. The third-order valence-corrected chi connectivity index (χ3v) is 5.65. The van der Waals surface area contributed by atoms with Crippen LogP contribution in [0.25, 0.3) is 0 Å². The number of nitrogens with one attached hydrogen (secondary N) is 2. The molecule has 0 saturated heterocycles. The molecule has 2 atom stereocenters. The van der Waals surface area contributed by atoms with Gasteiger partial charge in [0.2, 0.25) is 11.8 Å². The minimum Gasteiger partial charge on any atom is -0.444 e. The summed E-state index contributed by atoms with van der Waals surface area (Å²) >= 11 is 0. The quantitative estimate of drug-likeness (QED) is 0.563. The zero-order valence-electron chi connectivity index (χ0n) is 20.7. The zero-order chi connectivity index (χ0) is 25.3. The van der Waals surface area contributed by atoms with E-state index in [0.29, 0.717) is 32.4 Å². The minimum atomic E-state index is -0.801. The van der Waals surface area contributed by atoms with Crippen molar-refractivity contribution in [1.82, 2.24) is 15.5 Å². The molecule has 3 amide bonds. The van der Waals surface area contributed by atoms with E-state index < -0.39 is 23.8 Å². The highest BCUT2D eigenvalue weighted by Gasteiger charge is 2.35. The van der Waals surface area contributed by atoms with Crippen molar-refractivity contribution in [2.45, 2.75) is 64.3 Å². The third kappa shape index (κ3) is 8.28. The first-order chi connectivity index (χ1) is 16.7. The summed E-state index contributed by atoms with van der Waals surface area (Å²) in [5.41, 5.74) is 1.40. The van der Waals surface area contributed by atoms with Gasteiger partial charge in [-0.3, -0.25) is 9.59 Å². The number of rotatable bonds is 8. The van der Waals surface area contributed by atoms with Crippen LogP contribution < -0.4 is 10.6 Å². The first-order valence-corrected chi connectivity index (χ1v) is 12.0. The molecule has 0 spiro atoms. The largest absolute Gasteiger partial charge is 0.444 e. The van der Waals surface area contributed by atoms with Crippen LogP contribution in [-0.2, 0) is 27.3 Å². The molecule has 7 nitrogen and oxygen atoms in total. The molecule has 1 heterocycles. The topological polar surface area (TPSA) is 87.7 Å². The van der Waals surface area contributed by atoms with Gasteiger partial charge in [-0.05, 0) is 51.2 Å². The van der Waals surface area contributed by atoms with Crippen LogP contribution >= 0.6 is 0 Å². The fourth-order valence-corrected chi connectivity index (χ4v) is 3.94. The van der Waals surface area contributed by atoms with Gasteiger partial charge < -0.3 is 20.3 Å². The van der Waals surface area contributed by atoms with Gasteiger partial charge >= 0.3 is 6.09 Å². The van der Waals surface area contributed by atoms with Crippen LogP contribution in [0.2, 0.25) is 0 Å². The van der Waals surface area contributed by atoms with Crippen molar-refractivity contribution in [3.8, 4) is 0 Å².